The number of aryl methyl sites for hydroxylation is 2. The SMILES string of the molecule is Cc1cc(C(=O)Nc2ccc(F)c([C@]3(C)CCSC(N)=N3)c2)nn1C.Cl. The van der Waals surface area contributed by atoms with Crippen molar-refractivity contribution in [2.75, 3.05) is 11.1 Å². The normalized spacial score (nSPS) is 19.5. The number of carbonyl (C=O) groups is 1. The predicted molar refractivity (Wildman–Crippen MR) is 106 cm³/mol. The van der Waals surface area contributed by atoms with Gasteiger partial charge in [0.25, 0.3) is 5.91 Å². The highest BCUT2D eigenvalue weighted by atomic mass is 35.5. The fourth-order valence-corrected chi connectivity index (χ4v) is 3.74. The maximum absolute atomic E-state index is 14.4. The Balaban J connectivity index is 0.00000243. The summed E-state index contributed by atoms with van der Waals surface area (Å²) >= 11 is 1.46. The number of benzene rings is 1. The van der Waals surface area contributed by atoms with E-state index in [0.717, 1.165) is 11.4 Å². The zero-order valence-corrected chi connectivity index (χ0v) is 16.4. The van der Waals surface area contributed by atoms with Crippen molar-refractivity contribution in [3.05, 3.63) is 47.0 Å². The van der Waals surface area contributed by atoms with E-state index in [2.05, 4.69) is 15.4 Å². The highest BCUT2D eigenvalue weighted by Crippen LogP contribution is 2.37. The molecule has 0 spiro atoms. The molecule has 0 saturated carbocycles. The lowest BCUT2D eigenvalue weighted by molar-refractivity contribution is 0.102. The summed E-state index contributed by atoms with van der Waals surface area (Å²) in [4.78, 5) is 16.8. The third-order valence-corrected chi connectivity index (χ3v) is 5.14. The number of amides is 1. The van der Waals surface area contributed by atoms with Gasteiger partial charge in [0, 0.05) is 29.7 Å². The molecule has 6 nitrogen and oxygen atoms in total. The molecular formula is C17H21ClFN5OS. The van der Waals surface area contributed by atoms with Gasteiger partial charge >= 0.3 is 0 Å². The Hall–Kier alpha value is -2.06. The Morgan fingerprint density at radius 2 is 2.15 bits per heavy atom. The van der Waals surface area contributed by atoms with Gasteiger partial charge in [-0.05, 0) is 44.5 Å². The fourth-order valence-electron chi connectivity index (χ4n) is 2.76. The van der Waals surface area contributed by atoms with Crippen LogP contribution in [0.25, 0.3) is 0 Å². The van der Waals surface area contributed by atoms with Crippen LogP contribution >= 0.6 is 24.2 Å². The Morgan fingerprint density at radius 3 is 2.77 bits per heavy atom. The number of hydrogen-bond donors (Lipinski definition) is 2. The van der Waals surface area contributed by atoms with Gasteiger partial charge in [-0.1, -0.05) is 11.8 Å². The van der Waals surface area contributed by atoms with Crippen LogP contribution in [0.3, 0.4) is 0 Å². The number of carbonyl (C=O) groups excluding carboxylic acids is 1. The van der Waals surface area contributed by atoms with Crippen molar-refractivity contribution in [3.8, 4) is 0 Å². The molecule has 1 aromatic heterocycles. The third-order valence-electron chi connectivity index (χ3n) is 4.35. The van der Waals surface area contributed by atoms with Crippen LogP contribution in [-0.2, 0) is 12.6 Å². The Morgan fingerprint density at radius 1 is 1.42 bits per heavy atom. The molecule has 1 aliphatic heterocycles. The van der Waals surface area contributed by atoms with Gasteiger partial charge in [-0.25, -0.2) is 4.39 Å². The molecule has 2 heterocycles. The number of hydrogen-bond acceptors (Lipinski definition) is 5. The maximum Gasteiger partial charge on any atom is 0.276 e. The van der Waals surface area contributed by atoms with E-state index in [4.69, 9.17) is 5.73 Å². The molecule has 0 aliphatic carbocycles. The van der Waals surface area contributed by atoms with Gasteiger partial charge in [-0.3, -0.25) is 14.5 Å². The number of rotatable bonds is 3. The largest absolute Gasteiger partial charge is 0.379 e. The Bertz CT molecular complexity index is 849. The van der Waals surface area contributed by atoms with Crippen LogP contribution in [0.2, 0.25) is 0 Å². The molecule has 0 fully saturated rings. The highest BCUT2D eigenvalue weighted by molar-refractivity contribution is 8.13. The van der Waals surface area contributed by atoms with E-state index in [1.54, 1.807) is 23.9 Å². The van der Waals surface area contributed by atoms with Crippen molar-refractivity contribution >= 4 is 40.9 Å². The van der Waals surface area contributed by atoms with Crippen LogP contribution in [0.5, 0.6) is 0 Å². The van der Waals surface area contributed by atoms with Gasteiger partial charge in [-0.15, -0.1) is 12.4 Å². The Kier molecular flexibility index (Phi) is 5.98. The van der Waals surface area contributed by atoms with E-state index in [1.807, 2.05) is 13.8 Å². The summed E-state index contributed by atoms with van der Waals surface area (Å²) in [5.41, 5.74) is 7.20. The van der Waals surface area contributed by atoms with Crippen LogP contribution in [-0.4, -0.2) is 26.6 Å². The number of nitrogens with zero attached hydrogens (tertiary/aromatic N) is 3. The lowest BCUT2D eigenvalue weighted by Crippen LogP contribution is -2.29. The summed E-state index contributed by atoms with van der Waals surface area (Å²) in [5.74, 6) is 0.0703. The maximum atomic E-state index is 14.4. The number of anilines is 1. The van der Waals surface area contributed by atoms with E-state index >= 15 is 0 Å². The second kappa shape index (κ2) is 7.67. The molecule has 9 heteroatoms. The first-order chi connectivity index (χ1) is 11.8. The third kappa shape index (κ3) is 4.02. The van der Waals surface area contributed by atoms with E-state index < -0.39 is 5.54 Å². The molecule has 0 unspecified atom stereocenters. The summed E-state index contributed by atoms with van der Waals surface area (Å²) < 4.78 is 16.0. The van der Waals surface area contributed by atoms with Crippen molar-refractivity contribution in [2.24, 2.45) is 17.8 Å². The molecule has 1 amide bonds. The first kappa shape index (κ1) is 20.3. The van der Waals surface area contributed by atoms with Crippen LogP contribution in [0.1, 0.15) is 35.1 Å². The number of amidine groups is 1. The molecule has 140 valence electrons. The summed E-state index contributed by atoms with van der Waals surface area (Å²) in [6, 6.07) is 6.19. The number of halogens is 2. The molecule has 0 saturated heterocycles. The van der Waals surface area contributed by atoms with Gasteiger partial charge in [0.1, 0.15) is 5.82 Å². The zero-order chi connectivity index (χ0) is 18.2. The second-order valence-corrected chi connectivity index (χ2v) is 7.38. The van der Waals surface area contributed by atoms with Crippen molar-refractivity contribution in [3.63, 3.8) is 0 Å². The number of nitrogens with one attached hydrogen (secondary N) is 1. The summed E-state index contributed by atoms with van der Waals surface area (Å²) in [7, 11) is 1.77. The monoisotopic (exact) mass is 397 g/mol. The summed E-state index contributed by atoms with van der Waals surface area (Å²) in [5, 5.41) is 7.37. The van der Waals surface area contributed by atoms with Gasteiger partial charge < -0.3 is 11.1 Å². The molecule has 2 aromatic rings. The lowest BCUT2D eigenvalue weighted by Gasteiger charge is -2.30. The number of nitrogens with two attached hydrogens (primary N) is 1. The average molecular weight is 398 g/mol. The predicted octanol–water partition coefficient (Wildman–Crippen LogP) is 3.21. The van der Waals surface area contributed by atoms with Crippen molar-refractivity contribution in [2.45, 2.75) is 25.8 Å². The summed E-state index contributed by atoms with van der Waals surface area (Å²) in [6.45, 7) is 3.72. The highest BCUT2D eigenvalue weighted by Gasteiger charge is 2.32. The van der Waals surface area contributed by atoms with E-state index in [-0.39, 0.29) is 24.1 Å². The second-order valence-electron chi connectivity index (χ2n) is 6.27. The van der Waals surface area contributed by atoms with Crippen LogP contribution in [0.4, 0.5) is 10.1 Å². The average Bonchev–Trinajstić information content (AvgIpc) is 2.88. The van der Waals surface area contributed by atoms with Crippen molar-refractivity contribution in [1.82, 2.24) is 9.78 Å². The number of thioether (sulfide) groups is 1. The molecule has 1 aliphatic rings. The van der Waals surface area contributed by atoms with Crippen LogP contribution in [0.15, 0.2) is 29.3 Å². The Labute approximate surface area is 161 Å². The molecule has 0 radical (unpaired) electrons. The molecule has 1 atom stereocenters. The minimum Gasteiger partial charge on any atom is -0.379 e. The van der Waals surface area contributed by atoms with Gasteiger partial charge in [0.2, 0.25) is 0 Å². The van der Waals surface area contributed by atoms with Crippen LogP contribution in [0, 0.1) is 12.7 Å². The van der Waals surface area contributed by atoms with Crippen LogP contribution < -0.4 is 11.1 Å². The number of aliphatic imine (C=N–C) groups is 1. The van der Waals surface area contributed by atoms with E-state index in [1.165, 1.54) is 23.9 Å². The lowest BCUT2D eigenvalue weighted by atomic mass is 9.89. The fraction of sp³-hybridized carbons (Fsp3) is 0.353. The molecule has 3 rings (SSSR count). The van der Waals surface area contributed by atoms with Gasteiger partial charge in [0.05, 0.1) is 5.54 Å². The van der Waals surface area contributed by atoms with Crippen molar-refractivity contribution < 1.29 is 9.18 Å². The minimum atomic E-state index is -0.734. The molecular weight excluding hydrogens is 377 g/mol. The first-order valence-electron chi connectivity index (χ1n) is 7.89. The van der Waals surface area contributed by atoms with Gasteiger partial charge in [0.15, 0.2) is 10.9 Å². The van der Waals surface area contributed by atoms with Gasteiger partial charge in [-0.2, -0.15) is 5.10 Å². The van der Waals surface area contributed by atoms with E-state index in [0.29, 0.717) is 28.5 Å². The first-order valence-corrected chi connectivity index (χ1v) is 8.87. The smallest absolute Gasteiger partial charge is 0.276 e. The zero-order valence-electron chi connectivity index (χ0n) is 14.7. The summed E-state index contributed by atoms with van der Waals surface area (Å²) in [6.07, 6.45) is 0.673. The molecule has 0 bridgehead atoms. The minimum absolute atomic E-state index is 0. The molecule has 1 aromatic carbocycles. The standard InChI is InChI=1S/C17H20FN5OS.ClH/c1-10-8-14(22-23(10)3)15(24)20-11-4-5-13(18)12(9-11)17(2)6-7-25-16(19)21-17;/h4-5,8-9H,6-7H2,1-3H3,(H2,19,21)(H,20,24);1H/t17-;/m0./s1. The van der Waals surface area contributed by atoms with E-state index in [9.17, 15) is 9.18 Å². The van der Waals surface area contributed by atoms with Crippen molar-refractivity contribution in [1.29, 1.82) is 0 Å². The number of aromatic nitrogens is 2. The quantitative estimate of drug-likeness (QED) is 0.832. The topological polar surface area (TPSA) is 85.3 Å². The molecule has 3 N–H and O–H groups in total. The molecule has 26 heavy (non-hydrogen) atoms.